The van der Waals surface area contributed by atoms with Crippen LogP contribution in [0.1, 0.15) is 413 Å². The second-order valence-corrected chi connectivity index (χ2v) is 26.1. The van der Waals surface area contributed by atoms with Crippen LogP contribution in [0.25, 0.3) is 0 Å². The summed E-state index contributed by atoms with van der Waals surface area (Å²) in [5.41, 5.74) is -4.93. The number of carbonyl (C=O) groups is 4. The van der Waals surface area contributed by atoms with E-state index < -0.39 is 45.9 Å². The van der Waals surface area contributed by atoms with Crippen molar-refractivity contribution in [2.75, 3.05) is 0 Å². The third-order valence-corrected chi connectivity index (χ3v) is 19.1. The van der Waals surface area contributed by atoms with Crippen molar-refractivity contribution in [3.8, 4) is 0 Å². The van der Waals surface area contributed by atoms with E-state index in [0.29, 0.717) is 25.7 Å². The van der Waals surface area contributed by atoms with Crippen LogP contribution in [0.2, 0.25) is 0 Å². The summed E-state index contributed by atoms with van der Waals surface area (Å²) in [6.45, 7) is 9.01. The molecular weight excluding hydrogens is 1020 g/mol. The van der Waals surface area contributed by atoms with Crippen LogP contribution in [-0.2, 0) is 19.2 Å². The molecule has 480 valence electrons. The van der Waals surface area contributed by atoms with Crippen molar-refractivity contribution < 1.29 is 39.6 Å². The van der Waals surface area contributed by atoms with Gasteiger partial charge >= 0.3 is 23.9 Å². The fourth-order valence-corrected chi connectivity index (χ4v) is 14.1. The van der Waals surface area contributed by atoms with Crippen LogP contribution in [0, 0.1) is 10.8 Å². The molecule has 0 saturated heterocycles. The van der Waals surface area contributed by atoms with Gasteiger partial charge in [0.1, 0.15) is 10.8 Å². The largest absolute Gasteiger partial charge is 0.481 e. The van der Waals surface area contributed by atoms with Gasteiger partial charge in [-0.3, -0.25) is 9.59 Å². The van der Waals surface area contributed by atoms with Crippen LogP contribution in [0.4, 0.5) is 0 Å². The topological polar surface area (TPSA) is 149 Å². The summed E-state index contributed by atoms with van der Waals surface area (Å²) in [5.74, 6) is -5.48. The van der Waals surface area contributed by atoms with Crippen molar-refractivity contribution >= 4 is 23.9 Å². The summed E-state index contributed by atoms with van der Waals surface area (Å²) in [5, 5.41) is 46.7. The maximum Gasteiger partial charge on any atom is 0.336 e. The summed E-state index contributed by atoms with van der Waals surface area (Å²) in [6, 6.07) is 0. The van der Waals surface area contributed by atoms with Gasteiger partial charge in [0, 0.05) is 0 Å². The van der Waals surface area contributed by atoms with Gasteiger partial charge < -0.3 is 20.4 Å². The van der Waals surface area contributed by atoms with E-state index in [2.05, 4.69) is 27.7 Å². The molecule has 8 heteroatoms. The zero-order valence-corrected chi connectivity index (χ0v) is 54.8. The Bertz CT molecular complexity index is 1510. The zero-order chi connectivity index (χ0) is 60.0. The molecule has 0 aromatic heterocycles. The van der Waals surface area contributed by atoms with Crippen LogP contribution in [0.5, 0.6) is 0 Å². The van der Waals surface area contributed by atoms with Gasteiger partial charge in [-0.1, -0.05) is 374 Å². The van der Waals surface area contributed by atoms with E-state index in [1.807, 2.05) is 0 Å². The molecule has 82 heavy (non-hydrogen) atoms. The van der Waals surface area contributed by atoms with Gasteiger partial charge in [-0.2, -0.15) is 0 Å². The lowest BCUT2D eigenvalue weighted by Gasteiger charge is -2.52. The van der Waals surface area contributed by atoms with Gasteiger partial charge in [-0.25, -0.2) is 9.59 Å². The zero-order valence-electron chi connectivity index (χ0n) is 54.8. The second-order valence-electron chi connectivity index (χ2n) is 26.1. The summed E-state index contributed by atoms with van der Waals surface area (Å²) in [7, 11) is 0. The van der Waals surface area contributed by atoms with Gasteiger partial charge in [0.25, 0.3) is 0 Å². The number of carboxylic acids is 4. The van der Waals surface area contributed by atoms with E-state index in [1.165, 1.54) is 231 Å². The summed E-state index contributed by atoms with van der Waals surface area (Å²) in [6.07, 6.45) is 63.2. The maximum atomic E-state index is 14.8. The molecule has 2 unspecified atom stereocenters. The fourth-order valence-electron chi connectivity index (χ4n) is 14.1. The molecule has 0 saturated carbocycles. The Balaban J connectivity index is 3.52. The predicted octanol–water partition coefficient (Wildman–Crippen LogP) is 24.4. The third-order valence-electron chi connectivity index (χ3n) is 19.1. The normalized spacial score (nSPS) is 16.4. The molecule has 1 aliphatic rings. The molecule has 1 rings (SSSR count). The van der Waals surface area contributed by atoms with Gasteiger partial charge in [0.05, 0.1) is 11.1 Å². The molecule has 0 radical (unpaired) electrons. The van der Waals surface area contributed by atoms with Crippen LogP contribution in [0.3, 0.4) is 0 Å². The molecule has 0 fully saturated rings. The number of unbranched alkanes of at least 4 members (excludes halogenated alkanes) is 52. The molecule has 8 nitrogen and oxygen atoms in total. The summed E-state index contributed by atoms with van der Waals surface area (Å²) < 4.78 is 0. The molecule has 0 bridgehead atoms. The second kappa shape index (κ2) is 53.8. The molecule has 2 atom stereocenters. The van der Waals surface area contributed by atoms with E-state index in [9.17, 15) is 39.6 Å². The number of rotatable bonds is 64. The number of hydrogen-bond donors (Lipinski definition) is 4. The average Bonchev–Trinajstić information content (AvgIpc) is 1.48. The highest BCUT2D eigenvalue weighted by molar-refractivity contribution is 6.11. The Labute approximate surface area is 507 Å². The summed E-state index contributed by atoms with van der Waals surface area (Å²) in [4.78, 5) is 57.3. The standard InChI is InChI=1S/C74H136O8/c1-5-9-13-17-21-25-29-33-37-41-45-49-53-57-61-65-67(69(75)76)68(70(77)78)66(62-58-54-50-46-42-38-34-30-26-22-18-14-10-6-2)74(72(81)82,64-60-56-52-48-44-40-36-32-28-24-20-16-12-8-4)73(65,71(79)80)63-59-55-51-47-43-39-35-31-27-23-19-15-11-7-3/h5-64H2,1-4H3,(H,75,76)(H,77,78)(H,79,80)(H,81,82). The number of hydrogen-bond acceptors (Lipinski definition) is 4. The Morgan fingerprint density at radius 1 is 0.232 bits per heavy atom. The highest BCUT2D eigenvalue weighted by atomic mass is 16.4. The SMILES string of the molecule is CCCCCCCCCCCCCCCCC1=C(C(=O)O)C(C(=O)O)=C(CCCCCCCCCCCCCCCC)C(CCCCCCCCCCCCCCCC)(C(=O)O)C1(CCCCCCCCCCCCCCCC)C(=O)O. The maximum absolute atomic E-state index is 14.8. The lowest BCUT2D eigenvalue weighted by Crippen LogP contribution is -2.58. The van der Waals surface area contributed by atoms with Crippen LogP contribution in [0.15, 0.2) is 22.3 Å². The predicted molar refractivity (Wildman–Crippen MR) is 349 cm³/mol. The lowest BCUT2D eigenvalue weighted by molar-refractivity contribution is -0.170. The summed E-state index contributed by atoms with van der Waals surface area (Å²) >= 11 is 0. The van der Waals surface area contributed by atoms with Gasteiger partial charge in [-0.15, -0.1) is 0 Å². The Morgan fingerprint density at radius 3 is 0.524 bits per heavy atom. The lowest BCUT2D eigenvalue weighted by atomic mass is 9.47. The Kier molecular flexibility index (Phi) is 50.8. The quantitative estimate of drug-likeness (QED) is 0.0440. The monoisotopic (exact) mass is 1150 g/mol. The van der Waals surface area contributed by atoms with Crippen LogP contribution < -0.4 is 0 Å². The van der Waals surface area contributed by atoms with Gasteiger partial charge in [-0.05, 0) is 49.7 Å². The molecule has 0 aromatic rings. The van der Waals surface area contributed by atoms with Crippen molar-refractivity contribution in [3.63, 3.8) is 0 Å². The fraction of sp³-hybridized carbons (Fsp3) is 0.892. The molecule has 0 aromatic carbocycles. The van der Waals surface area contributed by atoms with Crippen molar-refractivity contribution in [2.24, 2.45) is 10.8 Å². The van der Waals surface area contributed by atoms with E-state index >= 15 is 0 Å². The average molecular weight is 1150 g/mol. The molecule has 0 heterocycles. The van der Waals surface area contributed by atoms with E-state index in [4.69, 9.17) is 0 Å². The van der Waals surface area contributed by atoms with E-state index in [-0.39, 0.29) is 36.8 Å². The van der Waals surface area contributed by atoms with Gasteiger partial charge in [0.2, 0.25) is 0 Å². The molecule has 1 aliphatic carbocycles. The smallest absolute Gasteiger partial charge is 0.336 e. The molecule has 0 amide bonds. The minimum atomic E-state index is -2.08. The van der Waals surface area contributed by atoms with Crippen molar-refractivity contribution in [1.29, 1.82) is 0 Å². The first-order chi connectivity index (χ1) is 40.0. The Morgan fingerprint density at radius 2 is 0.378 bits per heavy atom. The van der Waals surface area contributed by atoms with Crippen LogP contribution in [-0.4, -0.2) is 44.3 Å². The minimum Gasteiger partial charge on any atom is -0.481 e. The molecular formula is C74H136O8. The van der Waals surface area contributed by atoms with Gasteiger partial charge in [0.15, 0.2) is 0 Å². The number of carboxylic acid groups (broad SMARTS) is 4. The van der Waals surface area contributed by atoms with Crippen molar-refractivity contribution in [1.82, 2.24) is 0 Å². The highest BCUT2D eigenvalue weighted by Gasteiger charge is 2.67. The van der Waals surface area contributed by atoms with Crippen molar-refractivity contribution in [3.05, 3.63) is 22.3 Å². The first-order valence-corrected chi connectivity index (χ1v) is 36.5. The number of aliphatic carboxylic acids is 4. The van der Waals surface area contributed by atoms with E-state index in [0.717, 1.165) is 103 Å². The third kappa shape index (κ3) is 33.3. The van der Waals surface area contributed by atoms with Crippen LogP contribution >= 0.6 is 0 Å². The molecule has 0 aliphatic heterocycles. The minimum absolute atomic E-state index is 0.00880. The molecule has 4 N–H and O–H groups in total. The first kappa shape index (κ1) is 77.4. The highest BCUT2D eigenvalue weighted by Crippen LogP contribution is 2.63. The molecule has 0 spiro atoms. The van der Waals surface area contributed by atoms with E-state index in [1.54, 1.807) is 0 Å². The first-order valence-electron chi connectivity index (χ1n) is 36.5. The Hall–Kier alpha value is -2.64. The van der Waals surface area contributed by atoms with Crippen molar-refractivity contribution in [2.45, 2.75) is 413 Å².